The Morgan fingerprint density at radius 1 is 1.63 bits per heavy atom. The van der Waals surface area contributed by atoms with Crippen molar-refractivity contribution in [1.29, 1.82) is 0 Å². The summed E-state index contributed by atoms with van der Waals surface area (Å²) in [6.07, 6.45) is 3.10. The van der Waals surface area contributed by atoms with Gasteiger partial charge in [0.15, 0.2) is 5.78 Å². The number of hydrogen-bond acceptors (Lipinski definition) is 4. The zero-order valence-electron chi connectivity index (χ0n) is 11.2. The van der Waals surface area contributed by atoms with E-state index in [1.807, 2.05) is 0 Å². The van der Waals surface area contributed by atoms with Crippen molar-refractivity contribution in [3.05, 3.63) is 35.6 Å². The smallest absolute Gasteiger partial charge is 0.318 e. The van der Waals surface area contributed by atoms with Crippen LogP contribution in [0.3, 0.4) is 0 Å². The Hall–Kier alpha value is -1.91. The van der Waals surface area contributed by atoms with Crippen LogP contribution in [0.25, 0.3) is 0 Å². The molecule has 1 aliphatic heterocycles. The van der Waals surface area contributed by atoms with Gasteiger partial charge in [0.2, 0.25) is 0 Å². The molecular formula is C14H18FNO3. The topological polar surface area (TPSA) is 55.4 Å². The third-order valence-corrected chi connectivity index (χ3v) is 2.81. The Morgan fingerprint density at radius 2 is 2.32 bits per heavy atom. The summed E-state index contributed by atoms with van der Waals surface area (Å²) in [5, 5.41) is 2.95. The molecule has 1 fully saturated rings. The Labute approximate surface area is 112 Å². The molecule has 0 aliphatic carbocycles. The van der Waals surface area contributed by atoms with Crippen LogP contribution in [0.1, 0.15) is 13.8 Å². The molecule has 4 nitrogen and oxygen atoms in total. The van der Waals surface area contributed by atoms with Gasteiger partial charge in [0.1, 0.15) is 12.6 Å². The molecular weight excluding hydrogens is 249 g/mol. The molecule has 1 aliphatic rings. The maximum atomic E-state index is 12.8. The zero-order valence-corrected chi connectivity index (χ0v) is 11.2. The summed E-state index contributed by atoms with van der Waals surface area (Å²) in [7, 11) is 0. The first-order valence-corrected chi connectivity index (χ1v) is 6.10. The standard InChI is InChI=1S/C14H18FNO3/c1-4-6-11-12(9(3)7-15)13(17)10(8-16-11)14(18)19-5-2/h4,6,10,16H,1,5,7-8H2,2-3H3/b11-6+,12-9-. The molecule has 1 unspecified atom stereocenters. The van der Waals surface area contributed by atoms with E-state index < -0.39 is 24.3 Å². The average molecular weight is 267 g/mol. The molecule has 0 amide bonds. The van der Waals surface area contributed by atoms with Gasteiger partial charge >= 0.3 is 5.97 Å². The molecule has 0 saturated carbocycles. The third kappa shape index (κ3) is 3.30. The second-order valence-electron chi connectivity index (χ2n) is 4.15. The first-order chi connectivity index (χ1) is 9.06. The van der Waals surface area contributed by atoms with Gasteiger partial charge in [0.25, 0.3) is 0 Å². The predicted molar refractivity (Wildman–Crippen MR) is 70.1 cm³/mol. The number of nitrogens with one attached hydrogen (secondary N) is 1. The van der Waals surface area contributed by atoms with Gasteiger partial charge in [-0.1, -0.05) is 12.7 Å². The van der Waals surface area contributed by atoms with Gasteiger partial charge in [-0.2, -0.15) is 0 Å². The van der Waals surface area contributed by atoms with E-state index in [9.17, 15) is 14.0 Å². The molecule has 1 atom stereocenters. The number of esters is 1. The summed E-state index contributed by atoms with van der Waals surface area (Å²) in [6.45, 7) is 6.36. The Bertz CT molecular complexity index is 452. The highest BCUT2D eigenvalue weighted by Gasteiger charge is 2.36. The molecule has 0 bridgehead atoms. The number of ether oxygens (including phenoxy) is 1. The van der Waals surface area contributed by atoms with E-state index in [0.717, 1.165) is 0 Å². The van der Waals surface area contributed by atoms with Crippen LogP contribution >= 0.6 is 0 Å². The van der Waals surface area contributed by atoms with Crippen molar-refractivity contribution in [1.82, 2.24) is 5.32 Å². The van der Waals surface area contributed by atoms with Gasteiger partial charge in [-0.25, -0.2) is 4.39 Å². The minimum atomic E-state index is -0.918. The number of piperidine rings is 1. The summed E-state index contributed by atoms with van der Waals surface area (Å²) in [5.74, 6) is -1.90. The van der Waals surface area contributed by atoms with E-state index in [-0.39, 0.29) is 18.7 Å². The van der Waals surface area contributed by atoms with E-state index >= 15 is 0 Å². The summed E-state index contributed by atoms with van der Waals surface area (Å²) < 4.78 is 17.7. The van der Waals surface area contributed by atoms with E-state index in [2.05, 4.69) is 11.9 Å². The normalized spacial score (nSPS) is 23.8. The Balaban J connectivity index is 3.12. The first-order valence-electron chi connectivity index (χ1n) is 6.10. The second-order valence-corrected chi connectivity index (χ2v) is 4.15. The number of carbonyl (C=O) groups is 2. The highest BCUT2D eigenvalue weighted by atomic mass is 19.1. The van der Waals surface area contributed by atoms with E-state index in [1.54, 1.807) is 13.0 Å². The molecule has 0 aromatic carbocycles. The van der Waals surface area contributed by atoms with Crippen LogP contribution in [-0.2, 0) is 14.3 Å². The summed E-state index contributed by atoms with van der Waals surface area (Å²) in [6, 6.07) is 0. The fourth-order valence-electron chi connectivity index (χ4n) is 1.90. The number of rotatable bonds is 4. The van der Waals surface area contributed by atoms with Crippen molar-refractivity contribution in [2.75, 3.05) is 19.8 Å². The molecule has 0 aromatic rings. The number of ketones is 1. The van der Waals surface area contributed by atoms with Gasteiger partial charge in [-0.3, -0.25) is 9.59 Å². The van der Waals surface area contributed by atoms with Crippen molar-refractivity contribution in [2.45, 2.75) is 13.8 Å². The molecule has 0 radical (unpaired) electrons. The molecule has 1 heterocycles. The zero-order chi connectivity index (χ0) is 14.4. The molecule has 104 valence electrons. The number of halogens is 1. The van der Waals surface area contributed by atoms with Crippen molar-refractivity contribution in [3.8, 4) is 0 Å². The lowest BCUT2D eigenvalue weighted by Crippen LogP contribution is -2.43. The average Bonchev–Trinajstić information content (AvgIpc) is 2.39. The van der Waals surface area contributed by atoms with Gasteiger partial charge in [0.05, 0.1) is 6.61 Å². The number of carbonyl (C=O) groups excluding carboxylic acids is 2. The van der Waals surface area contributed by atoms with Crippen LogP contribution in [0, 0.1) is 5.92 Å². The molecule has 19 heavy (non-hydrogen) atoms. The summed E-state index contributed by atoms with van der Waals surface area (Å²) >= 11 is 0. The van der Waals surface area contributed by atoms with Crippen LogP contribution in [0.2, 0.25) is 0 Å². The maximum Gasteiger partial charge on any atom is 0.318 e. The van der Waals surface area contributed by atoms with Crippen molar-refractivity contribution < 1.29 is 18.7 Å². The summed E-state index contributed by atoms with van der Waals surface area (Å²) in [5.41, 5.74) is 1.00. The molecule has 0 spiro atoms. The number of allylic oxidation sites excluding steroid dienone is 4. The minimum Gasteiger partial charge on any atom is -0.465 e. The fourth-order valence-corrected chi connectivity index (χ4v) is 1.90. The van der Waals surface area contributed by atoms with Gasteiger partial charge < -0.3 is 10.1 Å². The highest BCUT2D eigenvalue weighted by Crippen LogP contribution is 2.24. The minimum absolute atomic E-state index is 0.153. The molecule has 5 heteroatoms. The third-order valence-electron chi connectivity index (χ3n) is 2.81. The summed E-state index contributed by atoms with van der Waals surface area (Å²) in [4.78, 5) is 24.0. The predicted octanol–water partition coefficient (Wildman–Crippen LogP) is 1.69. The molecule has 1 N–H and O–H groups in total. The van der Waals surface area contributed by atoms with Crippen LogP contribution in [0.5, 0.6) is 0 Å². The molecule has 0 aromatic heterocycles. The number of hydrogen-bond donors (Lipinski definition) is 1. The molecule has 1 rings (SSSR count). The van der Waals surface area contributed by atoms with E-state index in [0.29, 0.717) is 11.3 Å². The lowest BCUT2D eigenvalue weighted by molar-refractivity contribution is -0.150. The Kier molecular flexibility index (Phi) is 5.48. The van der Waals surface area contributed by atoms with Crippen molar-refractivity contribution in [2.24, 2.45) is 5.92 Å². The van der Waals surface area contributed by atoms with Crippen LogP contribution in [0.4, 0.5) is 4.39 Å². The Morgan fingerprint density at radius 3 is 2.84 bits per heavy atom. The van der Waals surface area contributed by atoms with E-state index in [1.165, 1.54) is 13.0 Å². The lowest BCUT2D eigenvalue weighted by Gasteiger charge is -2.26. The monoisotopic (exact) mass is 267 g/mol. The van der Waals surface area contributed by atoms with Crippen LogP contribution in [0.15, 0.2) is 35.6 Å². The highest BCUT2D eigenvalue weighted by molar-refractivity contribution is 6.12. The maximum absolute atomic E-state index is 12.8. The largest absolute Gasteiger partial charge is 0.465 e. The first kappa shape index (κ1) is 15.1. The van der Waals surface area contributed by atoms with Gasteiger partial charge in [-0.15, -0.1) is 0 Å². The quantitative estimate of drug-likeness (QED) is 0.478. The van der Waals surface area contributed by atoms with Crippen molar-refractivity contribution >= 4 is 11.8 Å². The van der Waals surface area contributed by atoms with Crippen molar-refractivity contribution in [3.63, 3.8) is 0 Å². The van der Waals surface area contributed by atoms with Crippen LogP contribution in [-0.4, -0.2) is 31.6 Å². The van der Waals surface area contributed by atoms with Crippen LogP contribution < -0.4 is 5.32 Å². The fraction of sp³-hybridized carbons (Fsp3) is 0.429. The van der Waals surface area contributed by atoms with E-state index in [4.69, 9.17) is 4.74 Å². The second kappa shape index (κ2) is 6.87. The molecule has 1 saturated heterocycles. The van der Waals surface area contributed by atoms with Gasteiger partial charge in [0, 0.05) is 17.8 Å². The number of Topliss-reactive ketones (excluding diaryl/α,β-unsaturated/α-hetero) is 1. The van der Waals surface area contributed by atoms with Gasteiger partial charge in [-0.05, 0) is 25.5 Å². The number of alkyl halides is 1. The lowest BCUT2D eigenvalue weighted by atomic mass is 9.88. The SMILES string of the molecule is C=C/C=C1/NCC(C(=O)OCC)C(=O)/C1=C(/C)CF.